The molecule has 0 heterocycles. The Balaban J connectivity index is 1.61. The van der Waals surface area contributed by atoms with Gasteiger partial charge in [-0.2, -0.15) is 17.0 Å². The number of hydrogen-bond donors (Lipinski definition) is 0. The molecule has 4 saturated carbocycles. The summed E-state index contributed by atoms with van der Waals surface area (Å²) >= 11 is 2.06. The molecule has 4 aliphatic rings. The quantitative estimate of drug-likeness (QED) is 0.701. The fourth-order valence-corrected chi connectivity index (χ4v) is 6.38. The molecular formula is C15H23NS. The van der Waals surface area contributed by atoms with Crippen LogP contribution in [0.15, 0.2) is 0 Å². The SMILES string of the molecule is CC(SCCC#N)C1C2CC3CC(C2)CC1C3. The van der Waals surface area contributed by atoms with Crippen LogP contribution in [0.3, 0.4) is 0 Å². The van der Waals surface area contributed by atoms with Gasteiger partial charge in [-0.05, 0) is 61.7 Å². The number of hydrogen-bond acceptors (Lipinski definition) is 2. The highest BCUT2D eigenvalue weighted by atomic mass is 32.2. The molecule has 2 heteroatoms. The third kappa shape index (κ3) is 2.24. The highest BCUT2D eigenvalue weighted by molar-refractivity contribution is 7.99. The van der Waals surface area contributed by atoms with Crippen LogP contribution in [0.2, 0.25) is 0 Å². The largest absolute Gasteiger partial charge is 0.198 e. The van der Waals surface area contributed by atoms with Gasteiger partial charge in [-0.25, -0.2) is 0 Å². The smallest absolute Gasteiger partial charge is 0.0630 e. The van der Waals surface area contributed by atoms with Crippen molar-refractivity contribution in [3.05, 3.63) is 0 Å². The zero-order valence-corrected chi connectivity index (χ0v) is 11.6. The fourth-order valence-electron chi connectivity index (χ4n) is 5.14. The van der Waals surface area contributed by atoms with Gasteiger partial charge in [0, 0.05) is 17.4 Å². The third-order valence-corrected chi connectivity index (χ3v) is 6.72. The Morgan fingerprint density at radius 2 is 1.71 bits per heavy atom. The molecule has 0 amide bonds. The summed E-state index contributed by atoms with van der Waals surface area (Å²) in [6, 6.07) is 2.27. The second kappa shape index (κ2) is 4.84. The van der Waals surface area contributed by atoms with E-state index in [9.17, 15) is 0 Å². The summed E-state index contributed by atoms with van der Waals surface area (Å²) in [6.45, 7) is 2.43. The molecule has 0 N–H and O–H groups in total. The standard InChI is InChI=1S/C15H23NS/c1-10(17-4-2-3-16)15-13-6-11-5-12(8-13)9-14(15)7-11/h10-15H,2,4-9H2,1H3. The number of nitrogens with zero attached hydrogens (tertiary/aromatic N) is 1. The van der Waals surface area contributed by atoms with Gasteiger partial charge in [-0.3, -0.25) is 0 Å². The number of thioether (sulfide) groups is 1. The van der Waals surface area contributed by atoms with Crippen molar-refractivity contribution in [3.8, 4) is 6.07 Å². The molecule has 0 saturated heterocycles. The van der Waals surface area contributed by atoms with Crippen LogP contribution >= 0.6 is 11.8 Å². The second-order valence-corrected chi connectivity index (χ2v) is 7.98. The number of rotatable bonds is 4. The summed E-state index contributed by atoms with van der Waals surface area (Å²) in [4.78, 5) is 0. The molecule has 0 radical (unpaired) electrons. The lowest BCUT2D eigenvalue weighted by Crippen LogP contribution is -2.48. The van der Waals surface area contributed by atoms with Crippen molar-refractivity contribution in [3.63, 3.8) is 0 Å². The van der Waals surface area contributed by atoms with Crippen LogP contribution in [0.1, 0.15) is 45.4 Å². The summed E-state index contributed by atoms with van der Waals surface area (Å²) < 4.78 is 0. The predicted octanol–water partition coefficient (Wildman–Crippen LogP) is 4.09. The van der Waals surface area contributed by atoms with Crippen molar-refractivity contribution in [2.45, 2.75) is 50.7 Å². The Hall–Kier alpha value is -0.160. The van der Waals surface area contributed by atoms with E-state index in [0.29, 0.717) is 0 Å². The van der Waals surface area contributed by atoms with Gasteiger partial charge < -0.3 is 0 Å². The normalized spacial score (nSPS) is 44.6. The van der Waals surface area contributed by atoms with Crippen LogP contribution < -0.4 is 0 Å². The van der Waals surface area contributed by atoms with Gasteiger partial charge >= 0.3 is 0 Å². The second-order valence-electron chi connectivity index (χ2n) is 6.49. The van der Waals surface area contributed by atoms with E-state index in [1.165, 1.54) is 25.7 Å². The van der Waals surface area contributed by atoms with Crippen LogP contribution in [-0.2, 0) is 0 Å². The highest BCUT2D eigenvalue weighted by Gasteiger charge is 2.49. The molecule has 0 aliphatic heterocycles. The van der Waals surface area contributed by atoms with Gasteiger partial charge in [0.15, 0.2) is 0 Å². The van der Waals surface area contributed by atoms with Crippen LogP contribution in [0.4, 0.5) is 0 Å². The molecular weight excluding hydrogens is 226 g/mol. The molecule has 1 nitrogen and oxygen atoms in total. The van der Waals surface area contributed by atoms with Crippen molar-refractivity contribution in [2.75, 3.05) is 5.75 Å². The van der Waals surface area contributed by atoms with E-state index in [1.807, 2.05) is 0 Å². The maximum absolute atomic E-state index is 8.63. The van der Waals surface area contributed by atoms with Crippen LogP contribution in [0.25, 0.3) is 0 Å². The minimum atomic E-state index is 0.725. The molecule has 4 rings (SSSR count). The first kappa shape index (κ1) is 11.9. The molecule has 1 unspecified atom stereocenters. The van der Waals surface area contributed by atoms with Gasteiger partial charge in [0.05, 0.1) is 6.07 Å². The maximum Gasteiger partial charge on any atom is 0.0630 e. The molecule has 4 aliphatic carbocycles. The first-order valence-electron chi connectivity index (χ1n) is 7.26. The first-order chi connectivity index (χ1) is 8.28. The molecule has 0 spiro atoms. The Labute approximate surface area is 109 Å². The van der Waals surface area contributed by atoms with E-state index in [1.54, 1.807) is 6.42 Å². The van der Waals surface area contributed by atoms with Gasteiger partial charge in [-0.15, -0.1) is 0 Å². The average molecular weight is 249 g/mol. The molecule has 4 bridgehead atoms. The maximum atomic E-state index is 8.63. The lowest BCUT2D eigenvalue weighted by atomic mass is 9.51. The van der Waals surface area contributed by atoms with E-state index < -0.39 is 0 Å². The molecule has 0 aromatic heterocycles. The molecule has 17 heavy (non-hydrogen) atoms. The summed E-state index contributed by atoms with van der Waals surface area (Å²) in [7, 11) is 0. The van der Waals surface area contributed by atoms with Crippen LogP contribution in [0, 0.1) is 40.9 Å². The topological polar surface area (TPSA) is 23.8 Å². The lowest BCUT2D eigenvalue weighted by Gasteiger charge is -2.56. The monoisotopic (exact) mass is 249 g/mol. The Kier molecular flexibility index (Phi) is 3.39. The minimum Gasteiger partial charge on any atom is -0.198 e. The molecule has 0 aromatic rings. The van der Waals surface area contributed by atoms with Crippen molar-refractivity contribution in [1.82, 2.24) is 0 Å². The summed E-state index contributed by atoms with van der Waals surface area (Å²) in [5, 5.41) is 9.42. The van der Waals surface area contributed by atoms with E-state index in [-0.39, 0.29) is 0 Å². The first-order valence-corrected chi connectivity index (χ1v) is 8.31. The van der Waals surface area contributed by atoms with E-state index in [4.69, 9.17) is 5.26 Å². The van der Waals surface area contributed by atoms with Gasteiger partial charge in [0.25, 0.3) is 0 Å². The van der Waals surface area contributed by atoms with Crippen molar-refractivity contribution < 1.29 is 0 Å². The minimum absolute atomic E-state index is 0.725. The van der Waals surface area contributed by atoms with E-state index in [2.05, 4.69) is 24.8 Å². The van der Waals surface area contributed by atoms with Crippen LogP contribution in [0.5, 0.6) is 0 Å². The van der Waals surface area contributed by atoms with E-state index >= 15 is 0 Å². The van der Waals surface area contributed by atoms with E-state index in [0.717, 1.165) is 47.0 Å². The summed E-state index contributed by atoms with van der Waals surface area (Å²) in [5.41, 5.74) is 0. The lowest BCUT2D eigenvalue weighted by molar-refractivity contribution is -0.0351. The molecule has 94 valence electrons. The average Bonchev–Trinajstić information content (AvgIpc) is 2.27. The van der Waals surface area contributed by atoms with Crippen molar-refractivity contribution in [1.29, 1.82) is 5.26 Å². The van der Waals surface area contributed by atoms with Crippen molar-refractivity contribution in [2.24, 2.45) is 29.6 Å². The highest BCUT2D eigenvalue weighted by Crippen LogP contribution is 2.58. The molecule has 0 aromatic carbocycles. The summed E-state index contributed by atoms with van der Waals surface area (Å²) in [6.07, 6.45) is 8.39. The Bertz CT molecular complexity index is 291. The zero-order chi connectivity index (χ0) is 11.8. The fraction of sp³-hybridized carbons (Fsp3) is 0.933. The predicted molar refractivity (Wildman–Crippen MR) is 72.7 cm³/mol. The van der Waals surface area contributed by atoms with Crippen LogP contribution in [-0.4, -0.2) is 11.0 Å². The number of nitriles is 1. The Morgan fingerprint density at radius 1 is 1.12 bits per heavy atom. The molecule has 1 atom stereocenters. The van der Waals surface area contributed by atoms with Gasteiger partial charge in [0.2, 0.25) is 0 Å². The van der Waals surface area contributed by atoms with Gasteiger partial charge in [-0.1, -0.05) is 6.92 Å². The Morgan fingerprint density at radius 3 is 2.24 bits per heavy atom. The van der Waals surface area contributed by atoms with Gasteiger partial charge in [0.1, 0.15) is 0 Å². The van der Waals surface area contributed by atoms with Crippen molar-refractivity contribution >= 4 is 11.8 Å². The zero-order valence-electron chi connectivity index (χ0n) is 10.8. The molecule has 4 fully saturated rings. The third-order valence-electron chi connectivity index (χ3n) is 5.44. The summed E-state index contributed by atoms with van der Waals surface area (Å²) in [5.74, 6) is 6.27.